The zero-order valence-electron chi connectivity index (χ0n) is 15.3. The van der Waals surface area contributed by atoms with Crippen LogP contribution in [0.1, 0.15) is 69.8 Å². The van der Waals surface area contributed by atoms with Crippen molar-refractivity contribution in [3.8, 4) is 0 Å². The molecule has 0 aromatic heterocycles. The quantitative estimate of drug-likeness (QED) is 0.634. The first kappa shape index (κ1) is 16.2. The van der Waals surface area contributed by atoms with E-state index in [9.17, 15) is 0 Å². The molecular weight excluding hydrogens is 328 g/mol. The van der Waals surface area contributed by atoms with Crippen molar-refractivity contribution in [1.29, 1.82) is 0 Å². The van der Waals surface area contributed by atoms with Gasteiger partial charge in [0, 0.05) is 29.9 Å². The highest BCUT2D eigenvalue weighted by molar-refractivity contribution is 6.30. The summed E-state index contributed by atoms with van der Waals surface area (Å²) in [6.45, 7) is 3.61. The van der Waals surface area contributed by atoms with Crippen LogP contribution in [0.4, 0.5) is 0 Å². The molecule has 5 rings (SSSR count). The highest BCUT2D eigenvalue weighted by atomic mass is 35.5. The van der Waals surface area contributed by atoms with Crippen molar-refractivity contribution >= 4 is 17.4 Å². The number of rotatable bonds is 1. The Morgan fingerprint density at radius 3 is 2.76 bits per heavy atom. The summed E-state index contributed by atoms with van der Waals surface area (Å²) in [6, 6.07) is 9.36. The van der Waals surface area contributed by atoms with Crippen LogP contribution in [0.15, 0.2) is 29.3 Å². The van der Waals surface area contributed by atoms with Gasteiger partial charge in [0.05, 0.1) is 11.4 Å². The molecule has 5 atom stereocenters. The summed E-state index contributed by atoms with van der Waals surface area (Å²) >= 11 is 6.16. The van der Waals surface area contributed by atoms with E-state index >= 15 is 0 Å². The first-order valence-corrected chi connectivity index (χ1v) is 10.7. The van der Waals surface area contributed by atoms with E-state index < -0.39 is 0 Å². The van der Waals surface area contributed by atoms with Gasteiger partial charge in [-0.15, -0.1) is 0 Å². The second kappa shape index (κ2) is 6.01. The summed E-state index contributed by atoms with van der Waals surface area (Å²) < 4.78 is 0. The van der Waals surface area contributed by atoms with E-state index in [0.717, 1.165) is 16.9 Å². The van der Waals surface area contributed by atoms with E-state index in [1.165, 1.54) is 69.3 Å². The minimum absolute atomic E-state index is 0.184. The fourth-order valence-corrected chi connectivity index (χ4v) is 6.67. The van der Waals surface area contributed by atoms with Crippen LogP contribution in [0.2, 0.25) is 5.02 Å². The van der Waals surface area contributed by atoms with Gasteiger partial charge in [-0.3, -0.25) is 4.99 Å². The molecule has 1 spiro atoms. The molecule has 3 fully saturated rings. The minimum atomic E-state index is 0.184. The van der Waals surface area contributed by atoms with Crippen molar-refractivity contribution in [2.45, 2.75) is 75.8 Å². The molecule has 0 N–H and O–H groups in total. The van der Waals surface area contributed by atoms with E-state index in [-0.39, 0.29) is 5.54 Å². The monoisotopic (exact) mass is 356 g/mol. The van der Waals surface area contributed by atoms with E-state index in [2.05, 4.69) is 36.1 Å². The summed E-state index contributed by atoms with van der Waals surface area (Å²) in [4.78, 5) is 8.21. The average molecular weight is 357 g/mol. The molecule has 1 saturated heterocycles. The smallest absolute Gasteiger partial charge is 0.0999 e. The molecule has 2 aliphatic carbocycles. The van der Waals surface area contributed by atoms with Crippen LogP contribution in [0.5, 0.6) is 0 Å². The minimum Gasteiger partial charge on any atom is -0.358 e. The van der Waals surface area contributed by atoms with Crippen molar-refractivity contribution in [2.24, 2.45) is 16.8 Å². The van der Waals surface area contributed by atoms with Gasteiger partial charge >= 0.3 is 0 Å². The number of amidine groups is 1. The largest absolute Gasteiger partial charge is 0.358 e. The van der Waals surface area contributed by atoms with Gasteiger partial charge in [0.15, 0.2) is 0 Å². The van der Waals surface area contributed by atoms with Gasteiger partial charge < -0.3 is 4.90 Å². The van der Waals surface area contributed by atoms with Crippen molar-refractivity contribution in [3.05, 3.63) is 34.9 Å². The molecule has 134 valence electrons. The molecule has 2 nitrogen and oxygen atoms in total. The van der Waals surface area contributed by atoms with Crippen LogP contribution in [0.3, 0.4) is 0 Å². The highest BCUT2D eigenvalue weighted by Gasteiger charge is 2.60. The zero-order valence-corrected chi connectivity index (χ0v) is 16.0. The van der Waals surface area contributed by atoms with E-state index in [0.29, 0.717) is 12.0 Å². The molecule has 2 aliphatic heterocycles. The van der Waals surface area contributed by atoms with Crippen molar-refractivity contribution in [2.75, 3.05) is 6.54 Å². The van der Waals surface area contributed by atoms with Crippen LogP contribution in [-0.2, 0) is 0 Å². The number of fused-ring (bicyclic) bond motifs is 3. The fraction of sp³-hybridized carbons (Fsp3) is 0.682. The molecule has 5 unspecified atom stereocenters. The average Bonchev–Trinajstić information content (AvgIpc) is 3.32. The maximum Gasteiger partial charge on any atom is 0.0999 e. The SMILES string of the molecule is CC1CCCCN1C1=NC2(CC1)C1CCC(C1)C2c1ccc(Cl)cc1. The molecule has 1 aromatic rings. The lowest BCUT2D eigenvalue weighted by Crippen LogP contribution is -2.42. The second-order valence-corrected chi connectivity index (χ2v) is 9.29. The maximum absolute atomic E-state index is 6.16. The molecule has 4 aliphatic rings. The lowest BCUT2D eigenvalue weighted by atomic mass is 9.69. The first-order chi connectivity index (χ1) is 12.2. The summed E-state index contributed by atoms with van der Waals surface area (Å²) in [5, 5.41) is 0.846. The van der Waals surface area contributed by atoms with Gasteiger partial charge in [-0.05, 0) is 81.4 Å². The molecule has 3 heteroatoms. The number of aliphatic imine (C=N–C) groups is 1. The molecular formula is C22H29ClN2. The van der Waals surface area contributed by atoms with Gasteiger partial charge in [-0.25, -0.2) is 0 Å². The van der Waals surface area contributed by atoms with Crippen LogP contribution < -0.4 is 0 Å². The lowest BCUT2D eigenvalue weighted by Gasteiger charge is -2.39. The third kappa shape index (κ3) is 2.47. The van der Waals surface area contributed by atoms with Crippen LogP contribution >= 0.6 is 11.6 Å². The number of nitrogens with zero attached hydrogens (tertiary/aromatic N) is 2. The van der Waals surface area contributed by atoms with E-state index in [4.69, 9.17) is 16.6 Å². The Morgan fingerprint density at radius 2 is 1.96 bits per heavy atom. The Bertz CT molecular complexity index is 682. The lowest BCUT2D eigenvalue weighted by molar-refractivity contribution is 0.233. The van der Waals surface area contributed by atoms with Crippen molar-refractivity contribution in [1.82, 2.24) is 4.90 Å². The summed E-state index contributed by atoms with van der Waals surface area (Å²) in [6.07, 6.45) is 10.7. The van der Waals surface area contributed by atoms with Gasteiger partial charge in [0.2, 0.25) is 0 Å². The zero-order chi connectivity index (χ0) is 17.0. The van der Waals surface area contributed by atoms with Gasteiger partial charge in [-0.1, -0.05) is 23.7 Å². The van der Waals surface area contributed by atoms with Gasteiger partial charge in [0.1, 0.15) is 0 Å². The predicted molar refractivity (Wildman–Crippen MR) is 104 cm³/mol. The Labute approximate surface area is 156 Å². The summed E-state index contributed by atoms with van der Waals surface area (Å²) in [7, 11) is 0. The van der Waals surface area contributed by atoms with Crippen LogP contribution in [-0.4, -0.2) is 28.9 Å². The molecule has 2 heterocycles. The number of likely N-dealkylation sites (tertiary alicyclic amines) is 1. The molecule has 1 aromatic carbocycles. The highest BCUT2D eigenvalue weighted by Crippen LogP contribution is 2.63. The molecule has 0 amide bonds. The summed E-state index contributed by atoms with van der Waals surface area (Å²) in [5.74, 6) is 3.67. The Balaban J connectivity index is 1.51. The Hall–Kier alpha value is -1.02. The van der Waals surface area contributed by atoms with Gasteiger partial charge in [0.25, 0.3) is 0 Å². The molecule has 2 bridgehead atoms. The third-order valence-electron chi connectivity index (χ3n) is 7.64. The van der Waals surface area contributed by atoms with Crippen LogP contribution in [0.25, 0.3) is 0 Å². The third-order valence-corrected chi connectivity index (χ3v) is 7.89. The van der Waals surface area contributed by atoms with Crippen LogP contribution in [0, 0.1) is 11.8 Å². The second-order valence-electron chi connectivity index (χ2n) is 8.86. The standard InChI is InChI=1S/C22H29ClN2/c1-15-4-2-3-13-25(15)20-11-12-22(24-20)18-8-5-17(14-18)21(22)16-6-9-19(23)10-7-16/h6-7,9-10,15,17-18,21H,2-5,8,11-14H2,1H3. The molecule has 2 saturated carbocycles. The number of hydrogen-bond donors (Lipinski definition) is 0. The Morgan fingerprint density at radius 1 is 1.12 bits per heavy atom. The molecule has 25 heavy (non-hydrogen) atoms. The normalized spacial score (nSPS) is 40.1. The summed E-state index contributed by atoms with van der Waals surface area (Å²) in [5.41, 5.74) is 1.66. The Kier molecular flexibility index (Phi) is 3.89. The van der Waals surface area contributed by atoms with Crippen molar-refractivity contribution < 1.29 is 0 Å². The fourth-order valence-electron chi connectivity index (χ4n) is 6.54. The topological polar surface area (TPSA) is 15.6 Å². The first-order valence-electron chi connectivity index (χ1n) is 10.3. The number of benzene rings is 1. The maximum atomic E-state index is 6.16. The van der Waals surface area contributed by atoms with Gasteiger partial charge in [-0.2, -0.15) is 0 Å². The number of piperidine rings is 1. The van der Waals surface area contributed by atoms with E-state index in [1.54, 1.807) is 0 Å². The number of hydrogen-bond acceptors (Lipinski definition) is 2. The predicted octanol–water partition coefficient (Wildman–Crippen LogP) is 5.66. The van der Waals surface area contributed by atoms with Crippen molar-refractivity contribution in [3.63, 3.8) is 0 Å². The van der Waals surface area contributed by atoms with E-state index in [1.807, 2.05) is 0 Å². The molecule has 0 radical (unpaired) electrons. The number of halogens is 1.